The molecule has 0 spiro atoms. The van der Waals surface area contributed by atoms with Gasteiger partial charge in [-0.3, -0.25) is 14.5 Å². The summed E-state index contributed by atoms with van der Waals surface area (Å²) in [7, 11) is 0. The highest BCUT2D eigenvalue weighted by Crippen LogP contribution is 2.24. The van der Waals surface area contributed by atoms with Crippen LogP contribution in [0.4, 0.5) is 0 Å². The maximum atomic E-state index is 13.0. The van der Waals surface area contributed by atoms with Gasteiger partial charge in [0.1, 0.15) is 5.69 Å². The SMILES string of the molecule is CCc1c(C(=O)N2CCC(N3CCNCC3)C2)[nH]c(C)c1C(C)=O.Cl. The molecule has 1 aromatic heterocycles. The van der Waals surface area contributed by atoms with Gasteiger partial charge >= 0.3 is 0 Å². The third-order valence-corrected chi connectivity index (χ3v) is 5.33. The summed E-state index contributed by atoms with van der Waals surface area (Å²) in [5.41, 5.74) is 2.98. The number of ketones is 1. The Bertz CT molecular complexity index is 637. The van der Waals surface area contributed by atoms with Crippen molar-refractivity contribution in [1.29, 1.82) is 0 Å². The molecule has 1 aromatic rings. The number of aromatic nitrogens is 1. The Morgan fingerprint density at radius 1 is 1.20 bits per heavy atom. The number of carbonyl (C=O) groups excluding carboxylic acids is 2. The van der Waals surface area contributed by atoms with Crippen molar-refractivity contribution in [3.8, 4) is 0 Å². The van der Waals surface area contributed by atoms with Crippen LogP contribution in [0, 0.1) is 6.92 Å². The number of nitrogens with one attached hydrogen (secondary N) is 2. The summed E-state index contributed by atoms with van der Waals surface area (Å²) in [6, 6.07) is 0.462. The van der Waals surface area contributed by atoms with Crippen molar-refractivity contribution in [2.75, 3.05) is 39.3 Å². The van der Waals surface area contributed by atoms with Gasteiger partial charge in [-0.15, -0.1) is 12.4 Å². The lowest BCUT2D eigenvalue weighted by Gasteiger charge is -2.32. The third-order valence-electron chi connectivity index (χ3n) is 5.33. The van der Waals surface area contributed by atoms with Crippen LogP contribution < -0.4 is 5.32 Å². The number of carbonyl (C=O) groups is 2. The molecule has 2 N–H and O–H groups in total. The quantitative estimate of drug-likeness (QED) is 0.792. The second kappa shape index (κ2) is 8.34. The van der Waals surface area contributed by atoms with Crippen molar-refractivity contribution in [3.63, 3.8) is 0 Å². The molecular formula is C18H29ClN4O2. The lowest BCUT2D eigenvalue weighted by molar-refractivity contribution is 0.0767. The Morgan fingerprint density at radius 3 is 2.48 bits per heavy atom. The van der Waals surface area contributed by atoms with Crippen molar-refractivity contribution in [2.24, 2.45) is 0 Å². The van der Waals surface area contributed by atoms with Gasteiger partial charge in [-0.1, -0.05) is 6.92 Å². The number of hydrogen-bond acceptors (Lipinski definition) is 4. The zero-order valence-electron chi connectivity index (χ0n) is 15.4. The second-order valence-electron chi connectivity index (χ2n) is 6.87. The van der Waals surface area contributed by atoms with E-state index >= 15 is 0 Å². The second-order valence-corrected chi connectivity index (χ2v) is 6.87. The van der Waals surface area contributed by atoms with E-state index in [4.69, 9.17) is 0 Å². The van der Waals surface area contributed by atoms with Gasteiger partial charge in [-0.05, 0) is 32.3 Å². The van der Waals surface area contributed by atoms with Gasteiger partial charge < -0.3 is 15.2 Å². The first-order valence-corrected chi connectivity index (χ1v) is 8.99. The van der Waals surface area contributed by atoms with E-state index in [1.165, 1.54) is 0 Å². The summed E-state index contributed by atoms with van der Waals surface area (Å²) in [6.45, 7) is 11.2. The molecule has 1 amide bonds. The van der Waals surface area contributed by atoms with Gasteiger partial charge in [0.05, 0.1) is 0 Å². The number of likely N-dealkylation sites (tertiary alicyclic amines) is 1. The average Bonchev–Trinajstić information content (AvgIpc) is 3.19. The van der Waals surface area contributed by atoms with Crippen LogP contribution in [0.15, 0.2) is 0 Å². The smallest absolute Gasteiger partial charge is 0.270 e. The minimum absolute atomic E-state index is 0. The van der Waals surface area contributed by atoms with Crippen molar-refractivity contribution in [3.05, 3.63) is 22.5 Å². The Labute approximate surface area is 155 Å². The Balaban J connectivity index is 0.00000225. The largest absolute Gasteiger partial charge is 0.354 e. The number of halogens is 1. The van der Waals surface area contributed by atoms with Gasteiger partial charge in [0, 0.05) is 56.6 Å². The maximum absolute atomic E-state index is 13.0. The summed E-state index contributed by atoms with van der Waals surface area (Å²) < 4.78 is 0. The van der Waals surface area contributed by atoms with Gasteiger partial charge in [-0.2, -0.15) is 0 Å². The van der Waals surface area contributed by atoms with E-state index in [-0.39, 0.29) is 24.1 Å². The van der Waals surface area contributed by atoms with Crippen molar-refractivity contribution >= 4 is 24.1 Å². The molecule has 0 bridgehead atoms. The molecule has 0 aliphatic carbocycles. The van der Waals surface area contributed by atoms with Crippen LogP contribution >= 0.6 is 12.4 Å². The Morgan fingerprint density at radius 2 is 1.88 bits per heavy atom. The van der Waals surface area contributed by atoms with Gasteiger partial charge in [-0.25, -0.2) is 0 Å². The molecule has 2 saturated heterocycles. The van der Waals surface area contributed by atoms with Crippen LogP contribution in [0.5, 0.6) is 0 Å². The molecule has 1 atom stereocenters. The molecule has 0 radical (unpaired) electrons. The zero-order chi connectivity index (χ0) is 17.3. The summed E-state index contributed by atoms with van der Waals surface area (Å²) >= 11 is 0. The third kappa shape index (κ3) is 3.91. The summed E-state index contributed by atoms with van der Waals surface area (Å²) in [4.78, 5) is 32.5. The van der Waals surface area contributed by atoms with E-state index in [2.05, 4.69) is 15.2 Å². The number of H-pyrrole nitrogens is 1. The number of amides is 1. The lowest BCUT2D eigenvalue weighted by atomic mass is 10.0. The first-order valence-electron chi connectivity index (χ1n) is 8.99. The van der Waals surface area contributed by atoms with Crippen LogP contribution in [0.3, 0.4) is 0 Å². The normalized spacial score (nSPS) is 21.2. The monoisotopic (exact) mass is 368 g/mol. The number of aryl methyl sites for hydroxylation is 1. The van der Waals surface area contributed by atoms with E-state index in [1.54, 1.807) is 6.92 Å². The molecule has 3 heterocycles. The molecule has 140 valence electrons. The van der Waals surface area contributed by atoms with Crippen molar-refractivity contribution < 1.29 is 9.59 Å². The molecule has 2 fully saturated rings. The molecule has 0 aromatic carbocycles. The lowest BCUT2D eigenvalue weighted by Crippen LogP contribution is -2.49. The molecule has 3 rings (SSSR count). The molecule has 2 aliphatic heterocycles. The van der Waals surface area contributed by atoms with Crippen LogP contribution in [0.1, 0.15) is 52.4 Å². The Hall–Kier alpha value is -1.37. The van der Waals surface area contributed by atoms with E-state index < -0.39 is 0 Å². The summed E-state index contributed by atoms with van der Waals surface area (Å²) in [5.74, 6) is 0.0693. The Kier molecular flexibility index (Phi) is 6.65. The first-order chi connectivity index (χ1) is 11.5. The number of piperazine rings is 1. The fraction of sp³-hybridized carbons (Fsp3) is 0.667. The fourth-order valence-corrected chi connectivity index (χ4v) is 4.12. The topological polar surface area (TPSA) is 68.4 Å². The number of hydrogen-bond donors (Lipinski definition) is 2. The maximum Gasteiger partial charge on any atom is 0.270 e. The van der Waals surface area contributed by atoms with Crippen LogP contribution in [0.2, 0.25) is 0 Å². The standard InChI is InChI=1S/C18H28N4O2.ClH/c1-4-15-16(13(3)23)12(2)20-17(15)18(24)22-8-5-14(11-22)21-9-6-19-7-10-21;/h14,19-20H,4-11H2,1-3H3;1H. The molecule has 0 saturated carbocycles. The van der Waals surface area contributed by atoms with Crippen molar-refractivity contribution in [2.45, 2.75) is 39.7 Å². The highest BCUT2D eigenvalue weighted by molar-refractivity contribution is 6.02. The number of aromatic amines is 1. The molecule has 2 aliphatic rings. The van der Waals surface area contributed by atoms with Crippen LogP contribution in [-0.2, 0) is 6.42 Å². The van der Waals surface area contributed by atoms with E-state index in [0.29, 0.717) is 23.7 Å². The minimum Gasteiger partial charge on any atom is -0.354 e. The first kappa shape index (κ1) is 19.9. The van der Waals surface area contributed by atoms with Crippen LogP contribution in [0.25, 0.3) is 0 Å². The molecular weight excluding hydrogens is 340 g/mol. The molecule has 1 unspecified atom stereocenters. The number of nitrogens with zero attached hydrogens (tertiary/aromatic N) is 2. The fourth-order valence-electron chi connectivity index (χ4n) is 4.12. The predicted molar refractivity (Wildman–Crippen MR) is 101 cm³/mol. The highest BCUT2D eigenvalue weighted by atomic mass is 35.5. The molecule has 25 heavy (non-hydrogen) atoms. The number of rotatable bonds is 4. The van der Waals surface area contributed by atoms with E-state index in [1.807, 2.05) is 18.7 Å². The van der Waals surface area contributed by atoms with Crippen LogP contribution in [-0.4, -0.2) is 71.8 Å². The minimum atomic E-state index is 0. The van der Waals surface area contributed by atoms with Gasteiger partial charge in [0.2, 0.25) is 0 Å². The average molecular weight is 369 g/mol. The summed E-state index contributed by atoms with van der Waals surface area (Å²) in [5, 5.41) is 3.37. The van der Waals surface area contributed by atoms with Crippen molar-refractivity contribution in [1.82, 2.24) is 20.1 Å². The van der Waals surface area contributed by atoms with E-state index in [9.17, 15) is 9.59 Å². The van der Waals surface area contributed by atoms with Gasteiger partial charge in [0.15, 0.2) is 5.78 Å². The molecule has 7 heteroatoms. The molecule has 6 nitrogen and oxygen atoms in total. The predicted octanol–water partition coefficient (Wildman–Crippen LogP) is 1.63. The highest BCUT2D eigenvalue weighted by Gasteiger charge is 2.33. The van der Waals surface area contributed by atoms with Gasteiger partial charge in [0.25, 0.3) is 5.91 Å². The van der Waals surface area contributed by atoms with E-state index in [0.717, 1.165) is 56.9 Å². The zero-order valence-corrected chi connectivity index (χ0v) is 16.2. The summed E-state index contributed by atoms with van der Waals surface area (Å²) in [6.07, 6.45) is 1.72. The number of Topliss-reactive ketones (excluding diaryl/α,β-unsaturated/α-hetero) is 1.